The Labute approximate surface area is 316 Å². The van der Waals surface area contributed by atoms with Crippen LogP contribution < -0.4 is 25.6 Å². The maximum absolute atomic E-state index is 14.1. The Kier molecular flexibility index (Phi) is 8.98. The SMILES string of the molecule is COc1cc(N2CCC3(CC2)CN(C)C3)c(C)cc1Nc1nc(Nc2ccc3ccccc3c2P(C)(C)=O)c2ccn(S(=O)(=O)c3ccc(C)cc3)c2n1. The van der Waals surface area contributed by atoms with Crippen molar-refractivity contribution in [2.45, 2.75) is 31.6 Å². The van der Waals surface area contributed by atoms with E-state index in [1.807, 2.05) is 49.4 Å². The van der Waals surface area contributed by atoms with Crippen LogP contribution in [0, 0.1) is 19.3 Å². The maximum Gasteiger partial charge on any atom is 0.269 e. The number of anilines is 5. The number of likely N-dealkylation sites (tertiary alicyclic amines) is 1. The maximum atomic E-state index is 14.1. The van der Waals surface area contributed by atoms with Crippen molar-refractivity contribution >= 4 is 73.1 Å². The summed E-state index contributed by atoms with van der Waals surface area (Å²) in [6, 6.07) is 24.2. The molecule has 8 rings (SSSR count). The summed E-state index contributed by atoms with van der Waals surface area (Å²) in [6.07, 6.45) is 3.83. The zero-order valence-corrected chi connectivity index (χ0v) is 33.3. The Hall–Kier alpha value is -4.90. The number of fused-ring (bicyclic) bond motifs is 2. The van der Waals surface area contributed by atoms with Gasteiger partial charge in [-0.2, -0.15) is 9.97 Å². The van der Waals surface area contributed by atoms with E-state index in [-0.39, 0.29) is 16.5 Å². The van der Waals surface area contributed by atoms with E-state index >= 15 is 0 Å². The van der Waals surface area contributed by atoms with Gasteiger partial charge in [0.2, 0.25) is 5.95 Å². The third-order valence-corrected chi connectivity index (χ3v) is 14.2. The Morgan fingerprint density at radius 3 is 2.26 bits per heavy atom. The van der Waals surface area contributed by atoms with Crippen molar-refractivity contribution in [2.75, 3.05) is 69.2 Å². The van der Waals surface area contributed by atoms with Crippen molar-refractivity contribution in [2.24, 2.45) is 5.41 Å². The number of nitrogens with one attached hydrogen (secondary N) is 2. The van der Waals surface area contributed by atoms with Crippen LogP contribution >= 0.6 is 7.14 Å². The van der Waals surface area contributed by atoms with E-state index in [9.17, 15) is 13.0 Å². The fourth-order valence-corrected chi connectivity index (χ4v) is 11.1. The van der Waals surface area contributed by atoms with E-state index in [0.717, 1.165) is 53.5 Å². The molecule has 0 bridgehead atoms. The number of hydrogen-bond acceptors (Lipinski definition) is 10. The van der Waals surface area contributed by atoms with Crippen LogP contribution in [-0.2, 0) is 14.6 Å². The zero-order valence-electron chi connectivity index (χ0n) is 31.6. The summed E-state index contributed by atoms with van der Waals surface area (Å²) in [7, 11) is -3.02. The molecule has 1 spiro atoms. The largest absolute Gasteiger partial charge is 0.494 e. The van der Waals surface area contributed by atoms with Crippen LogP contribution in [0.15, 0.2) is 90.0 Å². The van der Waals surface area contributed by atoms with Crippen molar-refractivity contribution in [3.05, 3.63) is 96.2 Å². The number of methoxy groups -OCH3 is 1. The average Bonchev–Trinajstić information content (AvgIpc) is 3.57. The number of aromatic nitrogens is 3. The Balaban J connectivity index is 1.22. The molecule has 6 aromatic rings. The summed E-state index contributed by atoms with van der Waals surface area (Å²) in [6.45, 7) is 11.8. The Morgan fingerprint density at radius 1 is 0.852 bits per heavy atom. The molecule has 0 saturated carbocycles. The minimum atomic E-state index is -4.03. The van der Waals surface area contributed by atoms with Gasteiger partial charge in [0.05, 0.1) is 28.8 Å². The summed E-state index contributed by atoms with van der Waals surface area (Å²) >= 11 is 0. The fourth-order valence-electron chi connectivity index (χ4n) is 8.27. The third kappa shape index (κ3) is 6.50. The zero-order chi connectivity index (χ0) is 38.0. The monoisotopic (exact) mass is 763 g/mol. The van der Waals surface area contributed by atoms with Gasteiger partial charge in [0.15, 0.2) is 5.65 Å². The molecule has 4 aromatic carbocycles. The lowest BCUT2D eigenvalue weighted by Gasteiger charge is -2.53. The van der Waals surface area contributed by atoms with Crippen LogP contribution in [0.3, 0.4) is 0 Å². The quantitative estimate of drug-likeness (QED) is 0.142. The van der Waals surface area contributed by atoms with E-state index in [1.165, 1.54) is 23.3 Å². The molecular formula is C41H46N7O4PS. The summed E-state index contributed by atoms with van der Waals surface area (Å²) in [5.41, 5.74) is 5.05. The van der Waals surface area contributed by atoms with Crippen molar-refractivity contribution in [1.82, 2.24) is 18.8 Å². The van der Waals surface area contributed by atoms with Gasteiger partial charge in [-0.1, -0.05) is 48.0 Å². The lowest BCUT2D eigenvalue weighted by Crippen LogP contribution is -2.58. The highest BCUT2D eigenvalue weighted by molar-refractivity contribution is 7.90. The number of hydrogen-bond donors (Lipinski definition) is 2. The van der Waals surface area contributed by atoms with Crippen LogP contribution in [0.25, 0.3) is 21.8 Å². The summed E-state index contributed by atoms with van der Waals surface area (Å²) in [4.78, 5) is 14.7. The van der Waals surface area contributed by atoms with Gasteiger partial charge < -0.3 is 29.7 Å². The van der Waals surface area contributed by atoms with Crippen LogP contribution in [0.4, 0.5) is 28.8 Å². The van der Waals surface area contributed by atoms with Gasteiger partial charge in [0.1, 0.15) is 18.7 Å². The van der Waals surface area contributed by atoms with Gasteiger partial charge in [-0.3, -0.25) is 0 Å². The Morgan fingerprint density at radius 2 is 1.57 bits per heavy atom. The highest BCUT2D eigenvalue weighted by Crippen LogP contribution is 2.44. The first-order valence-electron chi connectivity index (χ1n) is 18.2. The predicted octanol–water partition coefficient (Wildman–Crippen LogP) is 7.71. The topological polar surface area (TPSA) is 122 Å². The second-order valence-electron chi connectivity index (χ2n) is 15.3. The van der Waals surface area contributed by atoms with Crippen molar-refractivity contribution in [1.29, 1.82) is 0 Å². The first-order chi connectivity index (χ1) is 25.7. The van der Waals surface area contributed by atoms with Gasteiger partial charge in [0.25, 0.3) is 10.0 Å². The third-order valence-electron chi connectivity index (χ3n) is 10.9. The molecule has 0 atom stereocenters. The van der Waals surface area contributed by atoms with E-state index < -0.39 is 17.2 Å². The van der Waals surface area contributed by atoms with Gasteiger partial charge in [0, 0.05) is 49.4 Å². The van der Waals surface area contributed by atoms with E-state index in [1.54, 1.807) is 50.8 Å². The highest BCUT2D eigenvalue weighted by Gasteiger charge is 2.43. The van der Waals surface area contributed by atoms with E-state index in [0.29, 0.717) is 39.0 Å². The molecule has 11 nitrogen and oxygen atoms in total. The molecule has 2 aromatic heterocycles. The number of ether oxygens (including phenoxy) is 1. The van der Waals surface area contributed by atoms with Crippen LogP contribution in [0.1, 0.15) is 24.0 Å². The molecule has 4 heterocycles. The van der Waals surface area contributed by atoms with Crippen LogP contribution in [-0.4, -0.2) is 80.9 Å². The molecule has 0 amide bonds. The number of nitrogens with zero attached hydrogens (tertiary/aromatic N) is 5. The average molecular weight is 764 g/mol. The molecule has 0 aliphatic carbocycles. The normalized spacial score (nSPS) is 16.1. The first kappa shape index (κ1) is 36.1. The number of rotatable bonds is 9. The summed E-state index contributed by atoms with van der Waals surface area (Å²) < 4.78 is 49.2. The highest BCUT2D eigenvalue weighted by atomic mass is 32.2. The molecule has 0 unspecified atom stereocenters. The molecule has 2 N–H and O–H groups in total. The standard InChI is InChI=1S/C41H46N7O4PS/c1-27-11-14-30(15-12-27)54(50,51)48-20-17-32-38(42-33-16-13-29-9-7-8-10-31(29)37(33)53(5,6)49)44-40(45-39(32)48)43-34-23-28(2)35(24-36(34)52-4)47-21-18-41(19-22-47)25-46(3)26-41/h7-17,20,23-24H,18-19,21-22,25-26H2,1-6H3,(H2,42,43,44,45). The molecule has 2 aliphatic heterocycles. The summed E-state index contributed by atoms with van der Waals surface area (Å²) in [5, 5.41) is 9.84. The molecule has 0 radical (unpaired) electrons. The molecule has 2 aliphatic rings. The minimum absolute atomic E-state index is 0.142. The van der Waals surface area contributed by atoms with Gasteiger partial charge in [-0.05, 0) is 99.1 Å². The Bertz CT molecular complexity index is 2570. The van der Waals surface area contributed by atoms with Gasteiger partial charge in [-0.15, -0.1) is 0 Å². The lowest BCUT2D eigenvalue weighted by molar-refractivity contribution is 0.00130. The lowest BCUT2D eigenvalue weighted by atomic mass is 9.72. The van der Waals surface area contributed by atoms with E-state index in [2.05, 4.69) is 40.5 Å². The number of aryl methyl sites for hydroxylation is 2. The first-order valence-corrected chi connectivity index (χ1v) is 22.2. The van der Waals surface area contributed by atoms with Crippen molar-refractivity contribution < 1.29 is 17.7 Å². The molecule has 2 fully saturated rings. The summed E-state index contributed by atoms with van der Waals surface area (Å²) in [5.74, 6) is 1.15. The number of benzene rings is 4. The molecule has 54 heavy (non-hydrogen) atoms. The molecule has 13 heteroatoms. The molecular weight excluding hydrogens is 718 g/mol. The van der Waals surface area contributed by atoms with E-state index in [4.69, 9.17) is 14.7 Å². The second kappa shape index (κ2) is 13.4. The molecule has 2 saturated heterocycles. The number of piperidine rings is 1. The second-order valence-corrected chi connectivity index (χ2v) is 20.3. The molecule has 280 valence electrons. The van der Waals surface area contributed by atoms with Gasteiger partial charge in [-0.25, -0.2) is 12.4 Å². The fraction of sp³-hybridized carbons (Fsp3) is 0.317. The van der Waals surface area contributed by atoms with Crippen LogP contribution in [0.2, 0.25) is 0 Å². The predicted molar refractivity (Wildman–Crippen MR) is 220 cm³/mol. The van der Waals surface area contributed by atoms with Gasteiger partial charge >= 0.3 is 0 Å². The van der Waals surface area contributed by atoms with Crippen LogP contribution in [0.5, 0.6) is 5.75 Å². The minimum Gasteiger partial charge on any atom is -0.494 e. The van der Waals surface area contributed by atoms with Crippen molar-refractivity contribution in [3.63, 3.8) is 0 Å². The smallest absolute Gasteiger partial charge is 0.269 e. The van der Waals surface area contributed by atoms with Crippen molar-refractivity contribution in [3.8, 4) is 5.75 Å².